The third-order valence-corrected chi connectivity index (χ3v) is 7.50. The van der Waals surface area contributed by atoms with Gasteiger partial charge in [-0.25, -0.2) is 0 Å². The molecular formula is C29H28Cl2N2O2. The van der Waals surface area contributed by atoms with Crippen molar-refractivity contribution in [3.8, 4) is 11.3 Å². The highest BCUT2D eigenvalue weighted by Gasteiger charge is 2.34. The van der Waals surface area contributed by atoms with Crippen LogP contribution in [0, 0.1) is 0 Å². The minimum absolute atomic E-state index is 0.116. The van der Waals surface area contributed by atoms with Crippen molar-refractivity contribution in [2.24, 2.45) is 0 Å². The van der Waals surface area contributed by atoms with Crippen molar-refractivity contribution in [1.82, 2.24) is 9.88 Å². The highest BCUT2D eigenvalue weighted by atomic mass is 35.5. The molecule has 3 aromatic carbocycles. The van der Waals surface area contributed by atoms with E-state index in [2.05, 4.69) is 4.98 Å². The molecule has 0 bridgehead atoms. The van der Waals surface area contributed by atoms with Gasteiger partial charge in [-0.3, -0.25) is 4.79 Å². The average molecular weight is 507 g/mol. The van der Waals surface area contributed by atoms with Crippen LogP contribution < -0.4 is 0 Å². The summed E-state index contributed by atoms with van der Waals surface area (Å²) in [7, 11) is 0. The van der Waals surface area contributed by atoms with Crippen molar-refractivity contribution in [2.75, 3.05) is 13.1 Å². The van der Waals surface area contributed by atoms with E-state index in [9.17, 15) is 9.90 Å². The summed E-state index contributed by atoms with van der Waals surface area (Å²) in [5.74, 6) is 0.116. The molecule has 0 spiro atoms. The van der Waals surface area contributed by atoms with Gasteiger partial charge >= 0.3 is 0 Å². The number of carbonyl (C=O) groups is 1. The first-order valence-electron chi connectivity index (χ1n) is 12.0. The summed E-state index contributed by atoms with van der Waals surface area (Å²) < 4.78 is 0. The Kier molecular flexibility index (Phi) is 6.88. The number of aromatic amines is 1. The fourth-order valence-electron chi connectivity index (χ4n) is 5.06. The lowest BCUT2D eigenvalue weighted by molar-refractivity contribution is -0.135. The number of hydrogen-bond donors (Lipinski definition) is 2. The number of benzene rings is 3. The summed E-state index contributed by atoms with van der Waals surface area (Å²) in [6.07, 6.45) is 2.80. The predicted molar refractivity (Wildman–Crippen MR) is 143 cm³/mol. The van der Waals surface area contributed by atoms with Gasteiger partial charge < -0.3 is 15.0 Å². The van der Waals surface area contributed by atoms with Crippen LogP contribution in [0.2, 0.25) is 10.0 Å². The van der Waals surface area contributed by atoms with E-state index < -0.39 is 5.60 Å². The second kappa shape index (κ2) is 10.1. The molecule has 6 heteroatoms. The van der Waals surface area contributed by atoms with E-state index in [-0.39, 0.29) is 5.91 Å². The molecule has 1 saturated heterocycles. The Morgan fingerprint density at radius 3 is 2.34 bits per heavy atom. The van der Waals surface area contributed by atoms with Crippen LogP contribution in [0.5, 0.6) is 0 Å². The molecule has 1 fully saturated rings. The molecule has 0 radical (unpaired) electrons. The molecule has 2 N–H and O–H groups in total. The zero-order valence-electron chi connectivity index (χ0n) is 19.4. The van der Waals surface area contributed by atoms with E-state index >= 15 is 0 Å². The topological polar surface area (TPSA) is 56.3 Å². The molecule has 0 unspecified atom stereocenters. The fourth-order valence-corrected chi connectivity index (χ4v) is 5.36. The number of likely N-dealkylation sites (tertiary alicyclic amines) is 1. The van der Waals surface area contributed by atoms with E-state index in [4.69, 9.17) is 23.2 Å². The number of aliphatic hydroxyl groups is 1. The lowest BCUT2D eigenvalue weighted by Gasteiger charge is -2.38. The number of rotatable bonds is 6. The van der Waals surface area contributed by atoms with Crippen molar-refractivity contribution in [1.29, 1.82) is 0 Å². The molecule has 5 rings (SSSR count). The van der Waals surface area contributed by atoms with Crippen molar-refractivity contribution in [3.63, 3.8) is 0 Å². The number of nitrogens with zero attached hydrogens (tertiary/aromatic N) is 1. The summed E-state index contributed by atoms with van der Waals surface area (Å²) >= 11 is 12.4. The van der Waals surface area contributed by atoms with Crippen LogP contribution >= 0.6 is 23.2 Å². The predicted octanol–water partition coefficient (Wildman–Crippen LogP) is 6.67. The Morgan fingerprint density at radius 2 is 1.63 bits per heavy atom. The van der Waals surface area contributed by atoms with Crippen LogP contribution in [-0.4, -0.2) is 39.6 Å². The molecule has 1 aliphatic rings. The number of amides is 1. The van der Waals surface area contributed by atoms with Gasteiger partial charge in [0, 0.05) is 52.6 Å². The zero-order valence-corrected chi connectivity index (χ0v) is 20.9. The molecule has 4 aromatic rings. The molecule has 0 aliphatic carbocycles. The third kappa shape index (κ3) is 5.40. The highest BCUT2D eigenvalue weighted by molar-refractivity contribution is 6.31. The van der Waals surface area contributed by atoms with Crippen LogP contribution in [-0.2, 0) is 17.6 Å². The second-order valence-corrected chi connectivity index (χ2v) is 10.3. The SMILES string of the molecule is O=C(CCc1c(-c2ccc(Cl)cc2)[nH]c2ccc(Cl)cc12)N1CCC(O)(Cc2ccccc2)CC1. The van der Waals surface area contributed by atoms with Gasteiger partial charge in [0.25, 0.3) is 0 Å². The standard InChI is InChI=1S/C29H28Cl2N2O2/c30-22-8-6-21(7-9-22)28-24(25-18-23(31)10-12-26(25)32-28)11-13-27(34)33-16-14-29(35,15-17-33)19-20-4-2-1-3-5-20/h1-10,12,18,32,35H,11,13-17,19H2. The van der Waals surface area contributed by atoms with E-state index in [1.165, 1.54) is 0 Å². The van der Waals surface area contributed by atoms with Crippen molar-refractivity contribution in [3.05, 3.63) is 94.0 Å². The Morgan fingerprint density at radius 1 is 0.943 bits per heavy atom. The summed E-state index contributed by atoms with van der Waals surface area (Å²) in [6, 6.07) is 23.6. The van der Waals surface area contributed by atoms with E-state index in [1.807, 2.05) is 77.7 Å². The number of piperidine rings is 1. The Labute approximate surface area is 215 Å². The van der Waals surface area contributed by atoms with Crippen molar-refractivity contribution >= 4 is 40.0 Å². The fraction of sp³-hybridized carbons (Fsp3) is 0.276. The number of halogens is 2. The molecule has 1 amide bonds. The van der Waals surface area contributed by atoms with Gasteiger partial charge in [-0.1, -0.05) is 65.7 Å². The Bertz CT molecular complexity index is 1320. The lowest BCUT2D eigenvalue weighted by Crippen LogP contribution is -2.47. The van der Waals surface area contributed by atoms with Crippen LogP contribution in [0.15, 0.2) is 72.8 Å². The number of aryl methyl sites for hydroxylation is 1. The van der Waals surface area contributed by atoms with Gasteiger partial charge in [0.05, 0.1) is 5.60 Å². The minimum Gasteiger partial charge on any atom is -0.389 e. The van der Waals surface area contributed by atoms with E-state index in [0.717, 1.165) is 33.3 Å². The summed E-state index contributed by atoms with van der Waals surface area (Å²) in [5, 5.41) is 13.4. The Balaban J connectivity index is 1.29. The lowest BCUT2D eigenvalue weighted by atomic mass is 9.85. The molecule has 180 valence electrons. The minimum atomic E-state index is -0.756. The molecule has 0 saturated carbocycles. The highest BCUT2D eigenvalue weighted by Crippen LogP contribution is 2.34. The first-order valence-corrected chi connectivity index (χ1v) is 12.8. The largest absolute Gasteiger partial charge is 0.389 e. The van der Waals surface area contributed by atoms with Crippen LogP contribution in [0.1, 0.15) is 30.4 Å². The van der Waals surface area contributed by atoms with E-state index in [1.54, 1.807) is 0 Å². The number of carbonyl (C=O) groups excluding carboxylic acids is 1. The van der Waals surface area contributed by atoms with Crippen LogP contribution in [0.25, 0.3) is 22.2 Å². The number of hydrogen-bond acceptors (Lipinski definition) is 2. The summed E-state index contributed by atoms with van der Waals surface area (Å²) in [4.78, 5) is 18.5. The second-order valence-electron chi connectivity index (χ2n) is 9.44. The molecule has 1 aliphatic heterocycles. The molecule has 0 atom stereocenters. The van der Waals surface area contributed by atoms with Gasteiger partial charge in [0.15, 0.2) is 0 Å². The maximum atomic E-state index is 13.1. The van der Waals surface area contributed by atoms with Gasteiger partial charge in [-0.15, -0.1) is 0 Å². The van der Waals surface area contributed by atoms with Gasteiger partial charge in [0.2, 0.25) is 5.91 Å². The van der Waals surface area contributed by atoms with Crippen LogP contribution in [0.4, 0.5) is 0 Å². The third-order valence-electron chi connectivity index (χ3n) is 7.01. The quantitative estimate of drug-likeness (QED) is 0.306. The number of nitrogens with one attached hydrogen (secondary N) is 1. The molecular weight excluding hydrogens is 479 g/mol. The van der Waals surface area contributed by atoms with Gasteiger partial charge in [0.1, 0.15) is 0 Å². The monoisotopic (exact) mass is 506 g/mol. The molecule has 4 nitrogen and oxygen atoms in total. The first-order chi connectivity index (χ1) is 16.9. The number of fused-ring (bicyclic) bond motifs is 1. The Hall–Kier alpha value is -2.79. The summed E-state index contributed by atoms with van der Waals surface area (Å²) in [6.45, 7) is 1.15. The molecule has 2 heterocycles. The summed E-state index contributed by atoms with van der Waals surface area (Å²) in [5.41, 5.74) is 4.45. The average Bonchev–Trinajstić information content (AvgIpc) is 3.21. The number of aromatic nitrogens is 1. The number of H-pyrrole nitrogens is 1. The normalized spacial score (nSPS) is 15.5. The van der Waals surface area contributed by atoms with Crippen LogP contribution in [0.3, 0.4) is 0 Å². The van der Waals surface area contributed by atoms with Crippen molar-refractivity contribution < 1.29 is 9.90 Å². The first kappa shape index (κ1) is 23.9. The maximum absolute atomic E-state index is 13.1. The van der Waals surface area contributed by atoms with Crippen molar-refractivity contribution in [2.45, 2.75) is 37.7 Å². The van der Waals surface area contributed by atoms with Gasteiger partial charge in [-0.05, 0) is 66.3 Å². The zero-order chi connectivity index (χ0) is 24.4. The molecule has 1 aromatic heterocycles. The van der Waals surface area contributed by atoms with E-state index in [0.29, 0.717) is 55.2 Å². The van der Waals surface area contributed by atoms with Gasteiger partial charge in [-0.2, -0.15) is 0 Å². The smallest absolute Gasteiger partial charge is 0.222 e. The maximum Gasteiger partial charge on any atom is 0.222 e. The molecule has 35 heavy (non-hydrogen) atoms.